The van der Waals surface area contributed by atoms with E-state index in [1.807, 2.05) is 11.8 Å². The Kier molecular flexibility index (Phi) is 3.31. The molecule has 1 saturated heterocycles. The Labute approximate surface area is 93.5 Å². The molecule has 0 atom stereocenters. The Hall–Kier alpha value is -1.26. The van der Waals surface area contributed by atoms with Crippen molar-refractivity contribution in [3.63, 3.8) is 0 Å². The van der Waals surface area contributed by atoms with Gasteiger partial charge in [-0.3, -0.25) is 4.98 Å². The lowest BCUT2D eigenvalue weighted by atomic mass is 9.97. The number of halogens is 2. The predicted molar refractivity (Wildman–Crippen MR) is 57.7 cm³/mol. The number of piperidine rings is 1. The van der Waals surface area contributed by atoms with Crippen LogP contribution >= 0.6 is 0 Å². The van der Waals surface area contributed by atoms with Crippen LogP contribution < -0.4 is 4.90 Å². The number of alkyl halides is 2. The molecular formula is C11H15F2N3. The van der Waals surface area contributed by atoms with E-state index in [4.69, 9.17) is 0 Å². The summed E-state index contributed by atoms with van der Waals surface area (Å²) in [4.78, 5) is 10.4. The normalized spacial score (nSPS) is 18.1. The predicted octanol–water partition coefficient (Wildman–Crippen LogP) is 2.27. The standard InChI is InChI=1S/C11H15F2N3/c1-8-11(15-5-4-14-8)16-6-2-9(3-7-16)10(12)13/h4-5,9-10H,2-3,6-7H2,1H3. The Morgan fingerprint density at radius 3 is 2.44 bits per heavy atom. The molecular weight excluding hydrogens is 212 g/mol. The lowest BCUT2D eigenvalue weighted by Crippen LogP contribution is -2.36. The third-order valence-corrected chi connectivity index (χ3v) is 3.05. The van der Waals surface area contributed by atoms with Crippen LogP contribution in [0.1, 0.15) is 18.5 Å². The molecule has 0 amide bonds. The van der Waals surface area contributed by atoms with Crippen molar-refractivity contribution in [1.29, 1.82) is 0 Å². The minimum absolute atomic E-state index is 0.451. The van der Waals surface area contributed by atoms with E-state index in [9.17, 15) is 8.78 Å². The van der Waals surface area contributed by atoms with Gasteiger partial charge in [0.05, 0.1) is 5.69 Å². The van der Waals surface area contributed by atoms with Crippen LogP contribution in [0.4, 0.5) is 14.6 Å². The second-order valence-corrected chi connectivity index (χ2v) is 4.12. The van der Waals surface area contributed by atoms with Gasteiger partial charge >= 0.3 is 0 Å². The molecule has 1 aromatic rings. The van der Waals surface area contributed by atoms with Gasteiger partial charge in [0.15, 0.2) is 0 Å². The van der Waals surface area contributed by atoms with Crippen LogP contribution in [0.15, 0.2) is 12.4 Å². The maximum atomic E-state index is 12.5. The number of hydrogen-bond acceptors (Lipinski definition) is 3. The fraction of sp³-hybridized carbons (Fsp3) is 0.636. The molecule has 2 heterocycles. The third-order valence-electron chi connectivity index (χ3n) is 3.05. The lowest BCUT2D eigenvalue weighted by Gasteiger charge is -2.32. The summed E-state index contributed by atoms with van der Waals surface area (Å²) in [7, 11) is 0. The number of hydrogen-bond donors (Lipinski definition) is 0. The maximum Gasteiger partial charge on any atom is 0.241 e. The zero-order valence-electron chi connectivity index (χ0n) is 9.24. The van der Waals surface area contributed by atoms with Gasteiger partial charge in [0, 0.05) is 31.4 Å². The molecule has 0 bridgehead atoms. The molecule has 1 aliphatic rings. The summed E-state index contributed by atoms with van der Waals surface area (Å²) in [5, 5.41) is 0. The van der Waals surface area contributed by atoms with E-state index >= 15 is 0 Å². The van der Waals surface area contributed by atoms with Crippen LogP contribution in [0.3, 0.4) is 0 Å². The van der Waals surface area contributed by atoms with Gasteiger partial charge in [-0.1, -0.05) is 0 Å². The van der Waals surface area contributed by atoms with Crippen LogP contribution in [0.2, 0.25) is 0 Å². The van der Waals surface area contributed by atoms with Crippen molar-refractivity contribution in [2.45, 2.75) is 26.2 Å². The zero-order chi connectivity index (χ0) is 11.5. The monoisotopic (exact) mass is 227 g/mol. The van der Waals surface area contributed by atoms with E-state index in [1.165, 1.54) is 0 Å². The number of aromatic nitrogens is 2. The average molecular weight is 227 g/mol. The van der Waals surface area contributed by atoms with E-state index in [1.54, 1.807) is 12.4 Å². The molecule has 0 aliphatic carbocycles. The number of aryl methyl sites for hydroxylation is 1. The molecule has 1 fully saturated rings. The Balaban J connectivity index is 2.02. The van der Waals surface area contributed by atoms with E-state index in [0.717, 1.165) is 11.5 Å². The van der Waals surface area contributed by atoms with Crippen molar-refractivity contribution in [2.75, 3.05) is 18.0 Å². The molecule has 1 aliphatic heterocycles. The highest BCUT2D eigenvalue weighted by atomic mass is 19.3. The second-order valence-electron chi connectivity index (χ2n) is 4.12. The number of rotatable bonds is 2. The molecule has 3 nitrogen and oxygen atoms in total. The van der Waals surface area contributed by atoms with Gasteiger partial charge in [-0.05, 0) is 19.8 Å². The summed E-state index contributed by atoms with van der Waals surface area (Å²) >= 11 is 0. The Bertz CT molecular complexity index is 349. The Morgan fingerprint density at radius 2 is 1.88 bits per heavy atom. The van der Waals surface area contributed by atoms with Crippen molar-refractivity contribution in [3.8, 4) is 0 Å². The first-order valence-electron chi connectivity index (χ1n) is 5.49. The van der Waals surface area contributed by atoms with Crippen molar-refractivity contribution in [1.82, 2.24) is 9.97 Å². The smallest absolute Gasteiger partial charge is 0.241 e. The summed E-state index contributed by atoms with van der Waals surface area (Å²) in [5.41, 5.74) is 0.859. The zero-order valence-corrected chi connectivity index (χ0v) is 9.24. The molecule has 0 radical (unpaired) electrons. The lowest BCUT2D eigenvalue weighted by molar-refractivity contribution is 0.0635. The first-order valence-corrected chi connectivity index (χ1v) is 5.49. The summed E-state index contributed by atoms with van der Waals surface area (Å²) in [6, 6.07) is 0. The molecule has 0 saturated carbocycles. The van der Waals surface area contributed by atoms with Gasteiger partial charge in [-0.25, -0.2) is 13.8 Å². The van der Waals surface area contributed by atoms with Crippen molar-refractivity contribution >= 4 is 5.82 Å². The fourth-order valence-electron chi connectivity index (χ4n) is 2.07. The molecule has 0 spiro atoms. The first-order chi connectivity index (χ1) is 7.68. The van der Waals surface area contributed by atoms with E-state index in [-0.39, 0.29) is 0 Å². The summed E-state index contributed by atoms with van der Waals surface area (Å²) < 4.78 is 25.0. The topological polar surface area (TPSA) is 29.0 Å². The van der Waals surface area contributed by atoms with E-state index < -0.39 is 12.3 Å². The minimum Gasteiger partial charge on any atom is -0.355 e. The highest BCUT2D eigenvalue weighted by molar-refractivity contribution is 5.42. The van der Waals surface area contributed by atoms with Gasteiger partial charge in [0.2, 0.25) is 6.43 Å². The van der Waals surface area contributed by atoms with Gasteiger partial charge in [-0.15, -0.1) is 0 Å². The summed E-state index contributed by atoms with van der Waals surface area (Å²) in [6.07, 6.45) is 2.17. The molecule has 0 aromatic carbocycles. The van der Waals surface area contributed by atoms with Gasteiger partial charge < -0.3 is 4.90 Å². The number of nitrogens with zero attached hydrogens (tertiary/aromatic N) is 3. The van der Waals surface area contributed by atoms with Crippen LogP contribution in [-0.4, -0.2) is 29.5 Å². The quantitative estimate of drug-likeness (QED) is 0.776. The number of anilines is 1. The first kappa shape index (κ1) is 11.2. The van der Waals surface area contributed by atoms with Crippen molar-refractivity contribution in [3.05, 3.63) is 18.1 Å². The Morgan fingerprint density at radius 1 is 1.25 bits per heavy atom. The minimum atomic E-state index is -2.19. The van der Waals surface area contributed by atoms with Crippen molar-refractivity contribution in [2.24, 2.45) is 5.92 Å². The molecule has 16 heavy (non-hydrogen) atoms. The fourth-order valence-corrected chi connectivity index (χ4v) is 2.07. The van der Waals surface area contributed by atoms with E-state index in [2.05, 4.69) is 9.97 Å². The van der Waals surface area contributed by atoms with Gasteiger partial charge in [0.25, 0.3) is 0 Å². The average Bonchev–Trinajstić information content (AvgIpc) is 2.30. The summed E-state index contributed by atoms with van der Waals surface area (Å²) in [5.74, 6) is 0.378. The molecule has 2 rings (SSSR count). The van der Waals surface area contributed by atoms with Crippen LogP contribution in [0.25, 0.3) is 0 Å². The van der Waals surface area contributed by atoms with E-state index in [0.29, 0.717) is 25.9 Å². The van der Waals surface area contributed by atoms with Crippen molar-refractivity contribution < 1.29 is 8.78 Å². The molecule has 0 unspecified atom stereocenters. The van der Waals surface area contributed by atoms with Crippen LogP contribution in [0, 0.1) is 12.8 Å². The van der Waals surface area contributed by atoms with Crippen LogP contribution in [-0.2, 0) is 0 Å². The second kappa shape index (κ2) is 4.72. The third kappa shape index (κ3) is 2.28. The largest absolute Gasteiger partial charge is 0.355 e. The highest BCUT2D eigenvalue weighted by Gasteiger charge is 2.27. The maximum absolute atomic E-state index is 12.5. The molecule has 0 N–H and O–H groups in total. The molecule has 1 aromatic heterocycles. The molecule has 88 valence electrons. The SMILES string of the molecule is Cc1nccnc1N1CCC(C(F)F)CC1. The van der Waals surface area contributed by atoms with Gasteiger partial charge in [0.1, 0.15) is 5.82 Å². The van der Waals surface area contributed by atoms with Crippen LogP contribution in [0.5, 0.6) is 0 Å². The summed E-state index contributed by atoms with van der Waals surface area (Å²) in [6.45, 7) is 3.19. The highest BCUT2D eigenvalue weighted by Crippen LogP contribution is 2.26. The van der Waals surface area contributed by atoms with Gasteiger partial charge in [-0.2, -0.15) is 0 Å². The molecule has 5 heteroatoms.